The van der Waals surface area contributed by atoms with Crippen LogP contribution in [0.15, 0.2) is 212 Å². The summed E-state index contributed by atoms with van der Waals surface area (Å²) >= 11 is 0. The highest BCUT2D eigenvalue weighted by Crippen LogP contribution is 2.46. The van der Waals surface area contributed by atoms with Crippen LogP contribution in [0.2, 0.25) is 0 Å². The van der Waals surface area contributed by atoms with Crippen molar-refractivity contribution in [1.29, 1.82) is 0 Å². The van der Waals surface area contributed by atoms with Crippen LogP contribution in [-0.2, 0) is 0 Å². The third-order valence-electron chi connectivity index (χ3n) is 13.7. The molecule has 61 heavy (non-hydrogen) atoms. The van der Waals surface area contributed by atoms with Crippen LogP contribution in [0.25, 0.3) is 110 Å². The SMILES string of the molecule is c1ccc(-c2cccc(-c3ccc4c5cc6c(ccc7ccccc76)c6c5n(c4c3)-c3cccc4c3B6c3cccc5c(-c6ccccc6)c(-c6ccccc6)n-4c35)c2)cc1. The number of fused-ring (bicyclic) bond motifs is 11. The summed E-state index contributed by atoms with van der Waals surface area (Å²) in [6, 6.07) is 79.1. The molecule has 2 aliphatic heterocycles. The zero-order valence-corrected chi connectivity index (χ0v) is 33.2. The number of rotatable bonds is 4. The first kappa shape index (κ1) is 33.0. The molecule has 2 aromatic heterocycles. The third-order valence-corrected chi connectivity index (χ3v) is 13.7. The Bertz CT molecular complexity index is 3800. The highest BCUT2D eigenvalue weighted by atomic mass is 15.0. The smallest absolute Gasteiger partial charge is 0.253 e. The molecular weight excluding hydrogens is 735 g/mol. The van der Waals surface area contributed by atoms with E-state index in [1.807, 2.05) is 0 Å². The first-order valence-electron chi connectivity index (χ1n) is 21.3. The summed E-state index contributed by atoms with van der Waals surface area (Å²) in [5.74, 6) is 0. The molecule has 2 nitrogen and oxygen atoms in total. The lowest BCUT2D eigenvalue weighted by Gasteiger charge is -2.34. The predicted molar refractivity (Wildman–Crippen MR) is 259 cm³/mol. The maximum Gasteiger partial charge on any atom is 0.253 e. The van der Waals surface area contributed by atoms with Crippen LogP contribution >= 0.6 is 0 Å². The van der Waals surface area contributed by atoms with Crippen LogP contribution in [0.5, 0.6) is 0 Å². The second kappa shape index (κ2) is 12.3. The topological polar surface area (TPSA) is 9.86 Å². The average molecular weight is 771 g/mol. The average Bonchev–Trinajstić information content (AvgIpc) is 3.86. The fraction of sp³-hybridized carbons (Fsp3) is 0. The minimum absolute atomic E-state index is 0.0238. The summed E-state index contributed by atoms with van der Waals surface area (Å²) in [7, 11) is 0. The minimum Gasteiger partial charge on any atom is -0.310 e. The molecule has 10 aromatic carbocycles. The summed E-state index contributed by atoms with van der Waals surface area (Å²) in [5, 5.41) is 9.06. The highest BCUT2D eigenvalue weighted by molar-refractivity contribution is 7.01. The fourth-order valence-electron chi connectivity index (χ4n) is 11.2. The summed E-state index contributed by atoms with van der Waals surface area (Å²) in [6.07, 6.45) is 0. The van der Waals surface area contributed by atoms with Crippen molar-refractivity contribution in [1.82, 2.24) is 9.13 Å². The van der Waals surface area contributed by atoms with Gasteiger partial charge in [0.25, 0.3) is 6.71 Å². The van der Waals surface area contributed by atoms with Crippen LogP contribution in [0.3, 0.4) is 0 Å². The van der Waals surface area contributed by atoms with Gasteiger partial charge in [-0.1, -0.05) is 182 Å². The summed E-state index contributed by atoms with van der Waals surface area (Å²) in [5.41, 5.74) is 20.3. The van der Waals surface area contributed by atoms with E-state index in [0.717, 1.165) is 0 Å². The molecule has 0 spiro atoms. The molecule has 0 unspecified atom stereocenters. The Balaban J connectivity index is 1.14. The number of hydrogen-bond donors (Lipinski definition) is 0. The lowest BCUT2D eigenvalue weighted by molar-refractivity contribution is 1.12. The van der Waals surface area contributed by atoms with Crippen LogP contribution < -0.4 is 16.4 Å². The maximum absolute atomic E-state index is 2.61. The molecule has 0 saturated heterocycles. The number of benzene rings is 10. The molecule has 0 radical (unpaired) electrons. The monoisotopic (exact) mass is 770 g/mol. The van der Waals surface area contributed by atoms with Crippen molar-refractivity contribution >= 4 is 77.4 Å². The lowest BCUT2D eigenvalue weighted by Crippen LogP contribution is -2.59. The van der Waals surface area contributed by atoms with E-state index in [1.165, 1.54) is 127 Å². The van der Waals surface area contributed by atoms with E-state index < -0.39 is 0 Å². The molecule has 12 aromatic rings. The Morgan fingerprint density at radius 2 is 0.918 bits per heavy atom. The van der Waals surface area contributed by atoms with Gasteiger partial charge in [-0.25, -0.2) is 0 Å². The van der Waals surface area contributed by atoms with Gasteiger partial charge >= 0.3 is 0 Å². The van der Waals surface area contributed by atoms with Gasteiger partial charge < -0.3 is 9.13 Å². The van der Waals surface area contributed by atoms with Gasteiger partial charge in [0, 0.05) is 44.1 Å². The molecule has 4 heterocycles. The Morgan fingerprint density at radius 3 is 1.72 bits per heavy atom. The van der Waals surface area contributed by atoms with Crippen LogP contribution in [0.1, 0.15) is 0 Å². The highest BCUT2D eigenvalue weighted by Gasteiger charge is 2.42. The Kier molecular flexibility index (Phi) is 6.67. The molecule has 14 rings (SSSR count). The van der Waals surface area contributed by atoms with Crippen molar-refractivity contribution in [2.24, 2.45) is 0 Å². The first-order chi connectivity index (χ1) is 30.3. The number of hydrogen-bond acceptors (Lipinski definition) is 0. The molecule has 0 fully saturated rings. The largest absolute Gasteiger partial charge is 0.310 e. The number of para-hydroxylation sites is 1. The van der Waals surface area contributed by atoms with Crippen molar-refractivity contribution < 1.29 is 0 Å². The van der Waals surface area contributed by atoms with Crippen molar-refractivity contribution in [3.05, 3.63) is 212 Å². The molecule has 0 saturated carbocycles. The molecule has 0 atom stereocenters. The van der Waals surface area contributed by atoms with E-state index in [4.69, 9.17) is 0 Å². The van der Waals surface area contributed by atoms with Gasteiger partial charge in [0.2, 0.25) is 0 Å². The van der Waals surface area contributed by atoms with E-state index in [-0.39, 0.29) is 6.71 Å². The number of nitrogens with zero attached hydrogens (tertiary/aromatic N) is 2. The van der Waals surface area contributed by atoms with Gasteiger partial charge in [-0.3, -0.25) is 0 Å². The number of aromatic nitrogens is 2. The predicted octanol–water partition coefficient (Wildman–Crippen LogP) is 12.8. The third kappa shape index (κ3) is 4.47. The molecule has 0 amide bonds. The standard InChI is InChI=1S/C58H35BN2/c1-4-15-36(16-5-1)40-22-12-23-41(33-40)42-30-31-44-48-35-47-43-24-11-10-17-37(43)29-32-45(47)54-58(48)60(52(44)34-42)50-27-14-28-51-55(50)59(54)49-26-13-25-46-53(38-18-6-2-7-19-38)56(61(51)57(46)49)39-20-8-3-9-21-39/h1-35H. The van der Waals surface area contributed by atoms with Crippen LogP contribution in [0, 0.1) is 0 Å². The molecule has 0 N–H and O–H groups in total. The molecule has 280 valence electrons. The zero-order valence-electron chi connectivity index (χ0n) is 33.2. The maximum atomic E-state index is 2.61. The first-order valence-corrected chi connectivity index (χ1v) is 21.3. The fourth-order valence-corrected chi connectivity index (χ4v) is 11.2. The lowest BCUT2D eigenvalue weighted by atomic mass is 9.33. The van der Waals surface area contributed by atoms with Crippen LogP contribution in [0.4, 0.5) is 0 Å². The molecule has 2 aliphatic rings. The van der Waals surface area contributed by atoms with E-state index in [2.05, 4.69) is 221 Å². The van der Waals surface area contributed by atoms with E-state index >= 15 is 0 Å². The van der Waals surface area contributed by atoms with Crippen molar-refractivity contribution in [2.45, 2.75) is 0 Å². The second-order valence-corrected chi connectivity index (χ2v) is 16.8. The second-order valence-electron chi connectivity index (χ2n) is 16.8. The minimum atomic E-state index is 0.0238. The van der Waals surface area contributed by atoms with Gasteiger partial charge in [-0.2, -0.15) is 0 Å². The molecular formula is C58H35BN2. The normalized spacial score (nSPS) is 12.6. The quantitative estimate of drug-likeness (QED) is 0.125. The van der Waals surface area contributed by atoms with Gasteiger partial charge in [0.05, 0.1) is 11.2 Å². The van der Waals surface area contributed by atoms with E-state index in [1.54, 1.807) is 0 Å². The van der Waals surface area contributed by atoms with Crippen molar-refractivity contribution in [3.8, 4) is 56.0 Å². The van der Waals surface area contributed by atoms with Gasteiger partial charge in [0.15, 0.2) is 0 Å². The van der Waals surface area contributed by atoms with Gasteiger partial charge in [0.1, 0.15) is 0 Å². The Morgan fingerprint density at radius 1 is 0.311 bits per heavy atom. The van der Waals surface area contributed by atoms with Crippen LogP contribution in [-0.4, -0.2) is 15.8 Å². The zero-order chi connectivity index (χ0) is 39.8. The molecule has 3 heteroatoms. The summed E-state index contributed by atoms with van der Waals surface area (Å²) in [4.78, 5) is 0. The van der Waals surface area contributed by atoms with Gasteiger partial charge in [-0.05, 0) is 102 Å². The Labute approximate surface area is 353 Å². The van der Waals surface area contributed by atoms with E-state index in [0.29, 0.717) is 0 Å². The van der Waals surface area contributed by atoms with Crippen molar-refractivity contribution in [2.75, 3.05) is 0 Å². The summed E-state index contributed by atoms with van der Waals surface area (Å²) < 4.78 is 5.22. The van der Waals surface area contributed by atoms with Crippen molar-refractivity contribution in [3.63, 3.8) is 0 Å². The van der Waals surface area contributed by atoms with Gasteiger partial charge in [-0.15, -0.1) is 0 Å². The molecule has 0 aliphatic carbocycles. The van der Waals surface area contributed by atoms with E-state index in [9.17, 15) is 0 Å². The summed E-state index contributed by atoms with van der Waals surface area (Å²) in [6.45, 7) is 0.0238. The molecule has 0 bridgehead atoms. The Hall–Kier alpha value is -7.88.